The molecule has 0 fully saturated rings. The van der Waals surface area contributed by atoms with E-state index < -0.39 is 0 Å². The van der Waals surface area contributed by atoms with Crippen LogP contribution in [0, 0.1) is 0 Å². The number of hydrogen-bond donors (Lipinski definition) is 1. The fraction of sp³-hybridized carbons (Fsp3) is 0. The van der Waals surface area contributed by atoms with E-state index in [0.29, 0.717) is 5.56 Å². The Morgan fingerprint density at radius 1 is 1.20 bits per heavy atom. The van der Waals surface area contributed by atoms with Crippen LogP contribution in [0.5, 0.6) is 0 Å². The van der Waals surface area contributed by atoms with Gasteiger partial charge < -0.3 is 0 Å². The molecule has 0 unspecified atom stereocenters. The standard InChI is InChI=1S/C7H6OS.Cs/c8-7(9)6-4-2-1-3-5-6;/h1-5H,(H,8,9);. The maximum Gasteiger partial charge on any atom is 0.216 e. The van der Waals surface area contributed by atoms with Gasteiger partial charge in [-0.15, -0.1) is 12.6 Å². The molecule has 0 aliphatic heterocycles. The van der Waals surface area contributed by atoms with E-state index in [2.05, 4.69) is 12.6 Å². The fourth-order valence-corrected chi connectivity index (χ4v) is 0.730. The molecular weight excluding hydrogens is 265 g/mol. The molecule has 1 aromatic carbocycles. The van der Waals surface area contributed by atoms with Crippen LogP contribution in [0.25, 0.3) is 0 Å². The van der Waals surface area contributed by atoms with E-state index in [1.807, 2.05) is 18.2 Å². The summed E-state index contributed by atoms with van der Waals surface area (Å²) >= 11 is 3.65. The van der Waals surface area contributed by atoms with E-state index in [4.69, 9.17) is 0 Å². The Hall–Kier alpha value is 1.29. The van der Waals surface area contributed by atoms with Crippen molar-refractivity contribution < 1.29 is 4.79 Å². The SMILES string of the molecule is O=C(S)c1ccccc1.[Cs]. The Balaban J connectivity index is 0.000000810. The van der Waals surface area contributed by atoms with Crippen molar-refractivity contribution in [3.63, 3.8) is 0 Å². The quantitative estimate of drug-likeness (QED) is 0.763. The molecule has 0 aliphatic rings. The first kappa shape index (κ1) is 11.3. The molecule has 0 spiro atoms. The van der Waals surface area contributed by atoms with E-state index in [0.717, 1.165) is 0 Å². The van der Waals surface area contributed by atoms with E-state index >= 15 is 0 Å². The van der Waals surface area contributed by atoms with Crippen molar-refractivity contribution in [1.29, 1.82) is 0 Å². The smallest absolute Gasteiger partial charge is 0.216 e. The van der Waals surface area contributed by atoms with E-state index in [-0.39, 0.29) is 74.0 Å². The molecule has 47 valence electrons. The van der Waals surface area contributed by atoms with E-state index in [9.17, 15) is 4.79 Å². The van der Waals surface area contributed by atoms with E-state index in [1.54, 1.807) is 12.1 Å². The molecule has 0 heterocycles. The zero-order chi connectivity index (χ0) is 6.69. The third kappa shape index (κ3) is 3.62. The molecule has 0 atom stereocenters. The van der Waals surface area contributed by atoms with Crippen LogP contribution in [-0.4, -0.2) is 74.0 Å². The third-order valence-corrected chi connectivity index (χ3v) is 1.28. The molecule has 0 bridgehead atoms. The molecule has 1 rings (SSSR count). The predicted octanol–water partition coefficient (Wildman–Crippen LogP) is 1.38. The second kappa shape index (κ2) is 5.88. The van der Waals surface area contributed by atoms with Crippen molar-refractivity contribution in [2.24, 2.45) is 0 Å². The minimum atomic E-state index is -0.185. The van der Waals surface area contributed by atoms with Gasteiger partial charge in [0.25, 0.3) is 0 Å². The van der Waals surface area contributed by atoms with Gasteiger partial charge in [-0.1, -0.05) is 30.3 Å². The van der Waals surface area contributed by atoms with Gasteiger partial charge in [0, 0.05) is 74.5 Å². The average Bonchev–Trinajstić information content (AvgIpc) is 1.90. The van der Waals surface area contributed by atoms with Crippen LogP contribution in [0.15, 0.2) is 30.3 Å². The summed E-state index contributed by atoms with van der Waals surface area (Å²) in [6.45, 7) is 0. The first-order valence-electron chi connectivity index (χ1n) is 2.59. The van der Waals surface area contributed by atoms with Crippen LogP contribution in [0.3, 0.4) is 0 Å². The Bertz CT molecular complexity index is 210. The summed E-state index contributed by atoms with van der Waals surface area (Å²) in [6, 6.07) is 8.94. The molecule has 1 aromatic rings. The Kier molecular flexibility index (Phi) is 6.64. The molecule has 0 N–H and O–H groups in total. The molecule has 0 saturated heterocycles. The van der Waals surface area contributed by atoms with E-state index in [1.165, 1.54) is 0 Å². The zero-order valence-corrected chi connectivity index (χ0v) is 12.9. The van der Waals surface area contributed by atoms with Crippen molar-refractivity contribution >= 4 is 86.6 Å². The van der Waals surface area contributed by atoms with Gasteiger partial charge in [0.1, 0.15) is 0 Å². The van der Waals surface area contributed by atoms with Gasteiger partial charge in [0.05, 0.1) is 0 Å². The van der Waals surface area contributed by atoms with Gasteiger partial charge in [-0.2, -0.15) is 0 Å². The number of carbonyl (C=O) groups is 1. The summed E-state index contributed by atoms with van der Waals surface area (Å²) in [5.74, 6) is 0. The minimum Gasteiger partial charge on any atom is -0.282 e. The van der Waals surface area contributed by atoms with Gasteiger partial charge in [0.2, 0.25) is 5.12 Å². The summed E-state index contributed by atoms with van der Waals surface area (Å²) in [5, 5.41) is -0.185. The Morgan fingerprint density at radius 3 is 2.00 bits per heavy atom. The molecule has 10 heavy (non-hydrogen) atoms. The molecule has 0 saturated carbocycles. The fourth-order valence-electron chi connectivity index (χ4n) is 0.581. The summed E-state index contributed by atoms with van der Waals surface area (Å²) in [5.41, 5.74) is 0.640. The van der Waals surface area contributed by atoms with Crippen LogP contribution >= 0.6 is 12.6 Å². The molecular formula is C7H6CsOS. The van der Waals surface area contributed by atoms with Gasteiger partial charge >= 0.3 is 0 Å². The molecule has 1 nitrogen and oxygen atoms in total. The average molecular weight is 271 g/mol. The number of carbonyl (C=O) groups excluding carboxylic acids is 1. The third-order valence-electron chi connectivity index (χ3n) is 1.02. The number of thiol groups is 1. The van der Waals surface area contributed by atoms with Crippen molar-refractivity contribution in [2.75, 3.05) is 0 Å². The zero-order valence-electron chi connectivity index (χ0n) is 5.74. The summed E-state index contributed by atoms with van der Waals surface area (Å²) in [4.78, 5) is 10.5. The Morgan fingerprint density at radius 2 is 1.70 bits per heavy atom. The van der Waals surface area contributed by atoms with Gasteiger partial charge in [-0.25, -0.2) is 0 Å². The maximum absolute atomic E-state index is 10.5. The molecule has 1 radical (unpaired) electrons. The summed E-state index contributed by atoms with van der Waals surface area (Å²) in [6.07, 6.45) is 0. The molecule has 0 aliphatic carbocycles. The summed E-state index contributed by atoms with van der Waals surface area (Å²) < 4.78 is 0. The second-order valence-electron chi connectivity index (χ2n) is 1.67. The van der Waals surface area contributed by atoms with Crippen LogP contribution in [0.4, 0.5) is 0 Å². The van der Waals surface area contributed by atoms with Crippen molar-refractivity contribution in [2.45, 2.75) is 0 Å². The monoisotopic (exact) mass is 271 g/mol. The number of benzene rings is 1. The number of rotatable bonds is 1. The van der Waals surface area contributed by atoms with Crippen molar-refractivity contribution in [1.82, 2.24) is 0 Å². The maximum atomic E-state index is 10.5. The predicted molar refractivity (Wildman–Crippen MR) is 45.5 cm³/mol. The van der Waals surface area contributed by atoms with Crippen LogP contribution in [0.2, 0.25) is 0 Å². The van der Waals surface area contributed by atoms with Crippen LogP contribution < -0.4 is 0 Å². The first-order valence-corrected chi connectivity index (χ1v) is 3.04. The van der Waals surface area contributed by atoms with Gasteiger partial charge in [-0.05, 0) is 0 Å². The second-order valence-corrected chi connectivity index (χ2v) is 2.08. The van der Waals surface area contributed by atoms with Crippen molar-refractivity contribution in [3.05, 3.63) is 35.9 Å². The topological polar surface area (TPSA) is 17.1 Å². The first-order chi connectivity index (χ1) is 4.30. The minimum absolute atomic E-state index is 0. The van der Waals surface area contributed by atoms with Gasteiger partial charge in [-0.3, -0.25) is 4.79 Å². The Labute approximate surface area is 124 Å². The largest absolute Gasteiger partial charge is 0.282 e. The summed E-state index contributed by atoms with van der Waals surface area (Å²) in [7, 11) is 0. The molecule has 0 aromatic heterocycles. The molecule has 0 amide bonds. The van der Waals surface area contributed by atoms with Gasteiger partial charge in [0.15, 0.2) is 0 Å². The number of hydrogen-bond acceptors (Lipinski definition) is 1. The van der Waals surface area contributed by atoms with Crippen LogP contribution in [-0.2, 0) is 0 Å². The van der Waals surface area contributed by atoms with Crippen molar-refractivity contribution in [3.8, 4) is 0 Å². The van der Waals surface area contributed by atoms with Crippen LogP contribution in [0.1, 0.15) is 10.4 Å². The normalized spacial score (nSPS) is 8.10. The molecule has 3 heteroatoms.